The number of piperazine rings is 2. The van der Waals surface area contributed by atoms with E-state index < -0.39 is 5.60 Å². The van der Waals surface area contributed by atoms with Gasteiger partial charge in [-0.25, -0.2) is 14.8 Å². The molecule has 11 heteroatoms. The highest BCUT2D eigenvalue weighted by Gasteiger charge is 2.27. The van der Waals surface area contributed by atoms with E-state index in [4.69, 9.17) is 9.72 Å². The summed E-state index contributed by atoms with van der Waals surface area (Å²) in [6.45, 7) is 20.5. The molecule has 10 nitrogen and oxygen atoms in total. The number of nitrogens with zero attached hydrogens (tertiary/aromatic N) is 7. The summed E-state index contributed by atoms with van der Waals surface area (Å²) in [5.74, 6) is 2.68. The lowest BCUT2D eigenvalue weighted by atomic mass is 10.1. The topological polar surface area (TPSA) is 121 Å². The molecule has 1 N–H and O–H groups in total. The van der Waals surface area contributed by atoms with E-state index in [2.05, 4.69) is 59.9 Å². The molecule has 2 aromatic rings. The Morgan fingerprint density at radius 3 is 1.64 bits per heavy atom. The van der Waals surface area contributed by atoms with E-state index in [9.17, 15) is 15.3 Å². The zero-order valence-electron chi connectivity index (χ0n) is 27.4. The number of carbonyl (C=O) groups is 1. The summed E-state index contributed by atoms with van der Waals surface area (Å²) >= 11 is 0. The van der Waals surface area contributed by atoms with Crippen molar-refractivity contribution in [1.82, 2.24) is 20.2 Å². The average molecular weight is 625 g/mol. The van der Waals surface area contributed by atoms with E-state index >= 15 is 0 Å². The maximum atomic E-state index is 12.2. The molecule has 0 unspecified atom stereocenters. The lowest BCUT2D eigenvalue weighted by Crippen LogP contribution is -2.50. The van der Waals surface area contributed by atoms with Crippen LogP contribution < -0.4 is 15.1 Å². The van der Waals surface area contributed by atoms with Gasteiger partial charge in [0, 0.05) is 63.7 Å². The van der Waals surface area contributed by atoms with Crippen LogP contribution in [0.25, 0.3) is 0 Å². The van der Waals surface area contributed by atoms with Crippen LogP contribution >= 0.6 is 12.4 Å². The highest BCUT2D eigenvalue weighted by molar-refractivity contribution is 5.85. The van der Waals surface area contributed by atoms with Crippen molar-refractivity contribution in [2.24, 2.45) is 11.8 Å². The molecular weight excluding hydrogens is 576 g/mol. The van der Waals surface area contributed by atoms with Crippen LogP contribution in [0.5, 0.6) is 0 Å². The van der Waals surface area contributed by atoms with Gasteiger partial charge in [0.1, 0.15) is 29.4 Å². The zero-order valence-corrected chi connectivity index (χ0v) is 28.2. The Morgan fingerprint density at radius 1 is 0.818 bits per heavy atom. The number of hydrogen-bond donors (Lipinski definition) is 1. The Bertz CT molecular complexity index is 1300. The Balaban J connectivity index is 0.000000315. The van der Waals surface area contributed by atoms with E-state index in [0.717, 1.165) is 62.0 Å². The van der Waals surface area contributed by atoms with Gasteiger partial charge < -0.3 is 24.8 Å². The highest BCUT2D eigenvalue weighted by Crippen LogP contribution is 2.22. The first-order valence-corrected chi connectivity index (χ1v) is 15.4. The number of nitrogens with one attached hydrogen (secondary N) is 1. The fourth-order valence-corrected chi connectivity index (χ4v) is 5.00. The molecule has 0 aromatic carbocycles. The van der Waals surface area contributed by atoms with Crippen LogP contribution in [-0.2, 0) is 17.6 Å². The van der Waals surface area contributed by atoms with Crippen molar-refractivity contribution in [2.75, 3.05) is 62.2 Å². The van der Waals surface area contributed by atoms with Crippen LogP contribution in [0.4, 0.5) is 16.4 Å². The molecule has 240 valence electrons. The van der Waals surface area contributed by atoms with Crippen LogP contribution in [0.1, 0.15) is 71.0 Å². The van der Waals surface area contributed by atoms with Crippen molar-refractivity contribution in [3.63, 3.8) is 0 Å². The standard InChI is InChI=1S/C19H28N4O2.C14H20N4.ClH/c1-14(2)12-16-7-6-15(13-20)17(21-16)22-8-10-23(11-9-22)18(24)25-19(3,4)5;1-11(2)9-13-4-3-12(10-15)14(17-13)18-7-5-16-6-8-18;/h6-7,14H,8-12H2,1-5H3;3-4,11,16H,5-9H2,1-2H3;1H. The summed E-state index contributed by atoms with van der Waals surface area (Å²) in [6.07, 6.45) is 1.57. The number of aromatic nitrogens is 2. The molecule has 0 aliphatic carbocycles. The van der Waals surface area contributed by atoms with Crippen LogP contribution in [0.15, 0.2) is 24.3 Å². The minimum Gasteiger partial charge on any atom is -0.444 e. The van der Waals surface area contributed by atoms with E-state index in [-0.39, 0.29) is 18.5 Å². The third kappa shape index (κ3) is 11.2. The van der Waals surface area contributed by atoms with Crippen molar-refractivity contribution in [3.8, 4) is 12.1 Å². The normalized spacial score (nSPS) is 15.1. The van der Waals surface area contributed by atoms with Gasteiger partial charge >= 0.3 is 6.09 Å². The fourth-order valence-electron chi connectivity index (χ4n) is 5.00. The molecule has 0 spiro atoms. The number of pyridine rings is 2. The van der Waals surface area contributed by atoms with Crippen LogP contribution in [-0.4, -0.2) is 78.9 Å². The van der Waals surface area contributed by atoms with Gasteiger partial charge in [-0.15, -0.1) is 12.4 Å². The minimum atomic E-state index is -0.491. The van der Waals surface area contributed by atoms with Crippen molar-refractivity contribution >= 4 is 30.1 Å². The number of rotatable bonds is 6. The van der Waals surface area contributed by atoms with Gasteiger partial charge in [0.2, 0.25) is 0 Å². The Morgan fingerprint density at radius 2 is 1.25 bits per heavy atom. The molecule has 0 radical (unpaired) electrons. The first-order chi connectivity index (χ1) is 20.4. The van der Waals surface area contributed by atoms with Gasteiger partial charge in [0.25, 0.3) is 0 Å². The van der Waals surface area contributed by atoms with Gasteiger partial charge in [-0.2, -0.15) is 10.5 Å². The average Bonchev–Trinajstić information content (AvgIpc) is 2.96. The van der Waals surface area contributed by atoms with Gasteiger partial charge in [-0.3, -0.25) is 0 Å². The number of amides is 1. The number of hydrogen-bond acceptors (Lipinski definition) is 9. The second-order valence-corrected chi connectivity index (χ2v) is 13.0. The summed E-state index contributed by atoms with van der Waals surface area (Å²) in [7, 11) is 0. The molecular formula is C33H49ClN8O2. The second-order valence-electron chi connectivity index (χ2n) is 13.0. The van der Waals surface area contributed by atoms with E-state index in [1.54, 1.807) is 4.90 Å². The molecule has 2 aliphatic rings. The third-order valence-corrected chi connectivity index (χ3v) is 6.99. The monoisotopic (exact) mass is 624 g/mol. The highest BCUT2D eigenvalue weighted by atomic mass is 35.5. The summed E-state index contributed by atoms with van der Waals surface area (Å²) in [5, 5.41) is 21.9. The van der Waals surface area contributed by atoms with Gasteiger partial charge in [0.05, 0.1) is 11.1 Å². The number of ether oxygens (including phenoxy) is 1. The molecule has 0 bridgehead atoms. The molecule has 1 amide bonds. The van der Waals surface area contributed by atoms with Crippen molar-refractivity contribution in [3.05, 3.63) is 46.8 Å². The molecule has 4 rings (SSSR count). The summed E-state index contributed by atoms with van der Waals surface area (Å²) < 4.78 is 5.43. The van der Waals surface area contributed by atoms with Gasteiger partial charge in [-0.1, -0.05) is 27.7 Å². The maximum absolute atomic E-state index is 12.2. The lowest BCUT2D eigenvalue weighted by Gasteiger charge is -2.36. The molecule has 44 heavy (non-hydrogen) atoms. The lowest BCUT2D eigenvalue weighted by molar-refractivity contribution is 0.0240. The zero-order chi connectivity index (χ0) is 31.6. The quantitative estimate of drug-likeness (QED) is 0.462. The maximum Gasteiger partial charge on any atom is 0.410 e. The number of nitriles is 2. The Hall–Kier alpha value is -3.60. The van der Waals surface area contributed by atoms with Crippen LogP contribution in [0.3, 0.4) is 0 Å². The molecule has 2 aliphatic heterocycles. The molecule has 2 fully saturated rings. The molecule has 2 aromatic heterocycles. The predicted molar refractivity (Wildman–Crippen MR) is 177 cm³/mol. The van der Waals surface area contributed by atoms with E-state index in [0.29, 0.717) is 49.1 Å². The third-order valence-electron chi connectivity index (χ3n) is 6.99. The van der Waals surface area contributed by atoms with E-state index in [1.807, 2.05) is 45.0 Å². The SMILES string of the molecule is CC(C)Cc1ccc(C#N)c(N2CCN(C(=O)OC(C)(C)C)CC2)n1.CC(C)Cc1ccc(C#N)c(N2CCNCC2)n1.Cl. The fraction of sp³-hybridized carbons (Fsp3) is 0.606. The van der Waals surface area contributed by atoms with E-state index in [1.165, 1.54) is 0 Å². The first-order valence-electron chi connectivity index (χ1n) is 15.4. The predicted octanol–water partition coefficient (Wildman–Crippen LogP) is 5.19. The molecule has 0 saturated carbocycles. The number of carbonyl (C=O) groups excluding carboxylic acids is 1. The first kappa shape index (κ1) is 36.6. The Labute approximate surface area is 269 Å². The largest absolute Gasteiger partial charge is 0.444 e. The summed E-state index contributed by atoms with van der Waals surface area (Å²) in [4.78, 5) is 27.6. The molecule has 4 heterocycles. The molecule has 0 atom stereocenters. The van der Waals surface area contributed by atoms with Gasteiger partial charge in [0.15, 0.2) is 0 Å². The van der Waals surface area contributed by atoms with Crippen LogP contribution in [0.2, 0.25) is 0 Å². The minimum absolute atomic E-state index is 0. The Kier molecular flexibility index (Phi) is 14.2. The van der Waals surface area contributed by atoms with Crippen LogP contribution in [0, 0.1) is 34.5 Å². The van der Waals surface area contributed by atoms with Gasteiger partial charge in [-0.05, 0) is 69.7 Å². The summed E-state index contributed by atoms with van der Waals surface area (Å²) in [5.41, 5.74) is 2.85. The second kappa shape index (κ2) is 17.0. The van der Waals surface area contributed by atoms with Crippen molar-refractivity contribution in [2.45, 2.75) is 66.9 Å². The number of halogens is 1. The smallest absolute Gasteiger partial charge is 0.410 e. The number of anilines is 2. The summed E-state index contributed by atoms with van der Waals surface area (Å²) in [6, 6.07) is 12.1. The van der Waals surface area contributed by atoms with Crippen molar-refractivity contribution in [1.29, 1.82) is 10.5 Å². The van der Waals surface area contributed by atoms with Crippen molar-refractivity contribution < 1.29 is 9.53 Å². The molecule has 2 saturated heterocycles.